The van der Waals surface area contributed by atoms with Crippen molar-refractivity contribution in [2.24, 2.45) is 0 Å². The van der Waals surface area contributed by atoms with Crippen molar-refractivity contribution in [1.29, 1.82) is 0 Å². The molecule has 0 aliphatic heterocycles. The molecule has 0 saturated heterocycles. The van der Waals surface area contributed by atoms with E-state index in [1.807, 2.05) is 42.6 Å². The van der Waals surface area contributed by atoms with Gasteiger partial charge in [-0.3, -0.25) is 4.79 Å². The summed E-state index contributed by atoms with van der Waals surface area (Å²) in [5, 5.41) is 9.58. The average molecular weight is 252 g/mol. The minimum atomic E-state index is -0.793. The molecule has 17 heavy (non-hydrogen) atoms. The van der Waals surface area contributed by atoms with Crippen LogP contribution in [0.2, 0.25) is 5.02 Å². The first-order valence-corrected chi connectivity index (χ1v) is 5.87. The molecule has 90 valence electrons. The predicted octanol–water partition coefficient (Wildman–Crippen LogP) is 3.48. The standard InChI is InChI=1S/C13H14ClNO2/c1-8(7-11(16)17)13-9(2)12(14)10-5-3-4-6-15(10)13/h3-6,8H,7H2,1-2H3,(H,16,17). The molecule has 2 aromatic heterocycles. The van der Waals surface area contributed by atoms with Gasteiger partial charge in [-0.05, 0) is 24.6 Å². The van der Waals surface area contributed by atoms with Crippen LogP contribution in [-0.2, 0) is 4.79 Å². The Labute approximate surface area is 105 Å². The topological polar surface area (TPSA) is 41.7 Å². The molecular formula is C13H14ClNO2. The molecule has 0 aliphatic carbocycles. The van der Waals surface area contributed by atoms with E-state index in [1.54, 1.807) is 0 Å². The Bertz CT molecular complexity index is 574. The van der Waals surface area contributed by atoms with Crippen LogP contribution < -0.4 is 0 Å². The summed E-state index contributed by atoms with van der Waals surface area (Å²) >= 11 is 6.26. The van der Waals surface area contributed by atoms with Crippen LogP contribution >= 0.6 is 11.6 Å². The van der Waals surface area contributed by atoms with E-state index in [-0.39, 0.29) is 12.3 Å². The molecule has 0 aliphatic rings. The quantitative estimate of drug-likeness (QED) is 0.907. The second-order valence-electron chi connectivity index (χ2n) is 4.28. The van der Waals surface area contributed by atoms with Crippen molar-refractivity contribution in [1.82, 2.24) is 4.40 Å². The van der Waals surface area contributed by atoms with Gasteiger partial charge in [-0.1, -0.05) is 24.6 Å². The fourth-order valence-electron chi connectivity index (χ4n) is 2.28. The first-order valence-electron chi connectivity index (χ1n) is 5.49. The highest BCUT2D eigenvalue weighted by Gasteiger charge is 2.19. The maximum atomic E-state index is 10.8. The van der Waals surface area contributed by atoms with Crippen molar-refractivity contribution >= 4 is 23.1 Å². The Morgan fingerprint density at radius 3 is 2.88 bits per heavy atom. The van der Waals surface area contributed by atoms with Gasteiger partial charge in [0.2, 0.25) is 0 Å². The fourth-order valence-corrected chi connectivity index (χ4v) is 2.53. The number of carbonyl (C=O) groups is 1. The average Bonchev–Trinajstić information content (AvgIpc) is 2.51. The molecule has 0 bridgehead atoms. The molecule has 0 fully saturated rings. The molecule has 0 aromatic carbocycles. The monoisotopic (exact) mass is 251 g/mol. The maximum absolute atomic E-state index is 10.8. The van der Waals surface area contributed by atoms with Gasteiger partial charge in [-0.15, -0.1) is 0 Å². The second kappa shape index (κ2) is 4.41. The molecule has 2 aromatic rings. The van der Waals surface area contributed by atoms with E-state index < -0.39 is 5.97 Å². The lowest BCUT2D eigenvalue weighted by Crippen LogP contribution is -2.06. The van der Waals surface area contributed by atoms with Crippen molar-refractivity contribution in [2.75, 3.05) is 0 Å². The van der Waals surface area contributed by atoms with Crippen molar-refractivity contribution in [3.63, 3.8) is 0 Å². The Morgan fingerprint density at radius 1 is 1.53 bits per heavy atom. The molecule has 0 radical (unpaired) electrons. The zero-order chi connectivity index (χ0) is 12.6. The number of carboxylic acids is 1. The van der Waals surface area contributed by atoms with Crippen LogP contribution in [0.15, 0.2) is 24.4 Å². The number of halogens is 1. The van der Waals surface area contributed by atoms with Gasteiger partial charge in [0.25, 0.3) is 0 Å². The number of hydrogen-bond donors (Lipinski definition) is 1. The number of pyridine rings is 1. The second-order valence-corrected chi connectivity index (χ2v) is 4.66. The molecular weight excluding hydrogens is 238 g/mol. The molecule has 2 rings (SSSR count). The summed E-state index contributed by atoms with van der Waals surface area (Å²) in [5.41, 5.74) is 2.87. The minimum Gasteiger partial charge on any atom is -0.481 e. The Hall–Kier alpha value is -1.48. The molecule has 2 heterocycles. The maximum Gasteiger partial charge on any atom is 0.304 e. The van der Waals surface area contributed by atoms with E-state index in [0.717, 1.165) is 16.8 Å². The molecule has 3 nitrogen and oxygen atoms in total. The summed E-state index contributed by atoms with van der Waals surface area (Å²) in [6, 6.07) is 5.78. The lowest BCUT2D eigenvalue weighted by Gasteiger charge is -2.11. The third kappa shape index (κ3) is 2.03. The van der Waals surface area contributed by atoms with Gasteiger partial charge in [0.05, 0.1) is 17.0 Å². The number of nitrogens with zero attached hydrogens (tertiary/aromatic N) is 1. The van der Waals surface area contributed by atoms with E-state index >= 15 is 0 Å². The summed E-state index contributed by atoms with van der Waals surface area (Å²) in [4.78, 5) is 10.8. The number of aromatic nitrogens is 1. The van der Waals surface area contributed by atoms with Crippen molar-refractivity contribution < 1.29 is 9.90 Å². The van der Waals surface area contributed by atoms with Gasteiger partial charge in [-0.25, -0.2) is 0 Å². The van der Waals surface area contributed by atoms with Crippen LogP contribution in [0.5, 0.6) is 0 Å². The normalized spacial score (nSPS) is 12.9. The molecule has 1 atom stereocenters. The molecule has 1 unspecified atom stereocenters. The number of rotatable bonds is 3. The predicted molar refractivity (Wildman–Crippen MR) is 67.8 cm³/mol. The van der Waals surface area contributed by atoms with Crippen LogP contribution in [0.25, 0.3) is 5.52 Å². The van der Waals surface area contributed by atoms with Gasteiger partial charge in [0, 0.05) is 17.8 Å². The minimum absolute atomic E-state index is 0.0603. The lowest BCUT2D eigenvalue weighted by atomic mass is 10.0. The number of aliphatic carboxylic acids is 1. The van der Waals surface area contributed by atoms with Crippen LogP contribution in [0.4, 0.5) is 0 Å². The fraction of sp³-hybridized carbons (Fsp3) is 0.308. The van der Waals surface area contributed by atoms with E-state index in [2.05, 4.69) is 0 Å². The summed E-state index contributed by atoms with van der Waals surface area (Å²) in [6.07, 6.45) is 2.03. The third-order valence-corrected chi connectivity index (χ3v) is 3.48. The lowest BCUT2D eigenvalue weighted by molar-refractivity contribution is -0.137. The first kappa shape index (κ1) is 12.0. The zero-order valence-corrected chi connectivity index (χ0v) is 10.5. The van der Waals surface area contributed by atoms with Gasteiger partial charge in [0.15, 0.2) is 0 Å². The number of carboxylic acid groups (broad SMARTS) is 1. The van der Waals surface area contributed by atoms with Crippen molar-refractivity contribution in [2.45, 2.75) is 26.2 Å². The summed E-state index contributed by atoms with van der Waals surface area (Å²) in [5.74, 6) is -0.853. The van der Waals surface area contributed by atoms with E-state index in [4.69, 9.17) is 16.7 Å². The van der Waals surface area contributed by atoms with Crippen molar-refractivity contribution in [3.8, 4) is 0 Å². The highest BCUT2D eigenvalue weighted by molar-refractivity contribution is 6.34. The van der Waals surface area contributed by atoms with Gasteiger partial charge in [0.1, 0.15) is 0 Å². The largest absolute Gasteiger partial charge is 0.481 e. The SMILES string of the molecule is Cc1c(Cl)c2ccccn2c1C(C)CC(=O)O. The highest BCUT2D eigenvalue weighted by atomic mass is 35.5. The zero-order valence-electron chi connectivity index (χ0n) is 9.77. The van der Waals surface area contributed by atoms with Gasteiger partial charge >= 0.3 is 5.97 Å². The smallest absolute Gasteiger partial charge is 0.304 e. The number of hydrogen-bond acceptors (Lipinski definition) is 1. The molecule has 1 N–H and O–H groups in total. The van der Waals surface area contributed by atoms with Crippen LogP contribution in [-0.4, -0.2) is 15.5 Å². The summed E-state index contributed by atoms with van der Waals surface area (Å²) in [6.45, 7) is 3.84. The Balaban J connectivity index is 2.60. The first-order chi connectivity index (χ1) is 8.02. The summed E-state index contributed by atoms with van der Waals surface area (Å²) < 4.78 is 1.98. The summed E-state index contributed by atoms with van der Waals surface area (Å²) in [7, 11) is 0. The molecule has 0 amide bonds. The van der Waals surface area contributed by atoms with Crippen LogP contribution in [0, 0.1) is 6.92 Å². The molecule has 0 spiro atoms. The van der Waals surface area contributed by atoms with E-state index in [0.29, 0.717) is 5.02 Å². The Kier molecular flexibility index (Phi) is 3.11. The van der Waals surface area contributed by atoms with E-state index in [1.165, 1.54) is 0 Å². The van der Waals surface area contributed by atoms with Gasteiger partial charge in [-0.2, -0.15) is 0 Å². The molecule has 4 heteroatoms. The van der Waals surface area contributed by atoms with Gasteiger partial charge < -0.3 is 9.51 Å². The van der Waals surface area contributed by atoms with Crippen LogP contribution in [0.1, 0.15) is 30.5 Å². The Morgan fingerprint density at radius 2 is 2.24 bits per heavy atom. The highest BCUT2D eigenvalue weighted by Crippen LogP contribution is 2.33. The van der Waals surface area contributed by atoms with E-state index in [9.17, 15) is 4.79 Å². The van der Waals surface area contributed by atoms with Crippen molar-refractivity contribution in [3.05, 3.63) is 40.7 Å². The number of fused-ring (bicyclic) bond motifs is 1. The third-order valence-electron chi connectivity index (χ3n) is 3.01. The van der Waals surface area contributed by atoms with Crippen LogP contribution in [0.3, 0.4) is 0 Å². The molecule has 0 saturated carbocycles.